The predicted molar refractivity (Wildman–Crippen MR) is 84.8 cm³/mol. The number of nitrogens with zero attached hydrogens (tertiary/aromatic N) is 2. The standard InChI is InChI=1S/C17H20N2O5/c1-11(20)12-4-2-5-14(8-12)24-10-13(21)9-19-16(22)15-6-3-7-18(15)17(19)23/h2,4-5,8,13,15,21H,3,6-7,9-10H2,1H3/t13-,15-/m0/s1. The molecule has 2 saturated heterocycles. The molecule has 1 N–H and O–H groups in total. The van der Waals surface area contributed by atoms with Crippen LogP contribution in [0, 0.1) is 0 Å². The number of β-amino-alcohol motifs (C(OH)–C–C–N with tert-alkyl or cyclic N) is 1. The summed E-state index contributed by atoms with van der Waals surface area (Å²) in [6, 6.07) is 5.96. The third-order valence-electron chi connectivity index (χ3n) is 4.36. The van der Waals surface area contributed by atoms with Crippen molar-refractivity contribution in [1.82, 2.24) is 9.80 Å². The molecule has 0 aliphatic carbocycles. The van der Waals surface area contributed by atoms with Crippen molar-refractivity contribution in [3.05, 3.63) is 29.8 Å². The lowest BCUT2D eigenvalue weighted by atomic mass is 10.1. The topological polar surface area (TPSA) is 87.2 Å². The highest BCUT2D eigenvalue weighted by molar-refractivity contribution is 6.04. The molecule has 24 heavy (non-hydrogen) atoms. The number of Topliss-reactive ketones (excluding diaryl/α,β-unsaturated/α-hetero) is 1. The Morgan fingerprint density at radius 1 is 1.42 bits per heavy atom. The van der Waals surface area contributed by atoms with E-state index in [2.05, 4.69) is 0 Å². The molecule has 1 aromatic carbocycles. The number of hydrogen-bond donors (Lipinski definition) is 1. The molecule has 2 aliphatic heterocycles. The Morgan fingerprint density at radius 3 is 2.92 bits per heavy atom. The molecule has 0 spiro atoms. The number of rotatable bonds is 6. The molecule has 0 bridgehead atoms. The summed E-state index contributed by atoms with van der Waals surface area (Å²) in [5, 5.41) is 10.1. The zero-order valence-corrected chi connectivity index (χ0v) is 13.5. The summed E-state index contributed by atoms with van der Waals surface area (Å²) in [7, 11) is 0. The molecular formula is C17H20N2O5. The number of aliphatic hydroxyl groups excluding tert-OH is 1. The van der Waals surface area contributed by atoms with Gasteiger partial charge in [-0.1, -0.05) is 12.1 Å². The number of carbonyl (C=O) groups is 3. The number of ether oxygens (including phenoxy) is 1. The lowest BCUT2D eigenvalue weighted by Crippen LogP contribution is -2.41. The summed E-state index contributed by atoms with van der Waals surface area (Å²) in [5.41, 5.74) is 0.521. The second-order valence-corrected chi connectivity index (χ2v) is 6.13. The summed E-state index contributed by atoms with van der Waals surface area (Å²) in [6.45, 7) is 1.90. The van der Waals surface area contributed by atoms with Crippen molar-refractivity contribution in [2.75, 3.05) is 19.7 Å². The quantitative estimate of drug-likeness (QED) is 0.622. The van der Waals surface area contributed by atoms with Crippen LogP contribution < -0.4 is 4.74 Å². The molecule has 3 amide bonds. The monoisotopic (exact) mass is 332 g/mol. The van der Waals surface area contributed by atoms with E-state index in [-0.39, 0.29) is 36.9 Å². The second kappa shape index (κ2) is 6.60. The highest BCUT2D eigenvalue weighted by Crippen LogP contribution is 2.27. The van der Waals surface area contributed by atoms with Gasteiger partial charge in [-0.05, 0) is 31.9 Å². The van der Waals surface area contributed by atoms with E-state index in [1.807, 2.05) is 0 Å². The number of urea groups is 1. The molecule has 2 atom stereocenters. The Hall–Kier alpha value is -2.41. The Labute approximate surface area is 139 Å². The molecule has 0 unspecified atom stereocenters. The van der Waals surface area contributed by atoms with E-state index in [1.165, 1.54) is 6.92 Å². The molecule has 128 valence electrons. The first-order valence-corrected chi connectivity index (χ1v) is 8.01. The van der Waals surface area contributed by atoms with Crippen LogP contribution in [0.3, 0.4) is 0 Å². The van der Waals surface area contributed by atoms with Crippen LogP contribution in [0.4, 0.5) is 4.79 Å². The fourth-order valence-electron chi connectivity index (χ4n) is 3.11. The van der Waals surface area contributed by atoms with Crippen LogP contribution in [0.15, 0.2) is 24.3 Å². The first-order chi connectivity index (χ1) is 11.5. The Bertz CT molecular complexity index is 653. The number of hydrogen-bond acceptors (Lipinski definition) is 5. The maximum absolute atomic E-state index is 12.2. The number of benzene rings is 1. The predicted octanol–water partition coefficient (Wildman–Crippen LogP) is 1.06. The normalized spacial score (nSPS) is 21.2. The maximum Gasteiger partial charge on any atom is 0.327 e. The minimum absolute atomic E-state index is 0.0664. The van der Waals surface area contributed by atoms with E-state index >= 15 is 0 Å². The zero-order chi connectivity index (χ0) is 17.3. The van der Waals surface area contributed by atoms with Crippen LogP contribution in [0.25, 0.3) is 0 Å². The smallest absolute Gasteiger partial charge is 0.327 e. The molecule has 2 heterocycles. The minimum atomic E-state index is -0.987. The summed E-state index contributed by atoms with van der Waals surface area (Å²) in [6.07, 6.45) is 0.540. The lowest BCUT2D eigenvalue weighted by Gasteiger charge is -2.19. The van der Waals surface area contributed by atoms with E-state index in [0.717, 1.165) is 11.3 Å². The average molecular weight is 332 g/mol. The van der Waals surface area contributed by atoms with Crippen molar-refractivity contribution in [3.63, 3.8) is 0 Å². The number of fused-ring (bicyclic) bond motifs is 1. The van der Waals surface area contributed by atoms with Crippen LogP contribution in [0.1, 0.15) is 30.1 Å². The van der Waals surface area contributed by atoms with Gasteiger partial charge in [-0.25, -0.2) is 4.79 Å². The molecular weight excluding hydrogens is 312 g/mol. The van der Waals surface area contributed by atoms with E-state index in [9.17, 15) is 19.5 Å². The van der Waals surface area contributed by atoms with Gasteiger partial charge in [0.25, 0.3) is 5.91 Å². The van der Waals surface area contributed by atoms with E-state index in [4.69, 9.17) is 4.74 Å². The third kappa shape index (κ3) is 3.12. The van der Waals surface area contributed by atoms with Crippen LogP contribution in [0.5, 0.6) is 5.75 Å². The van der Waals surface area contributed by atoms with Gasteiger partial charge in [-0.2, -0.15) is 0 Å². The number of amides is 3. The van der Waals surface area contributed by atoms with Gasteiger partial charge in [0.05, 0.1) is 6.54 Å². The molecule has 7 heteroatoms. The molecule has 0 radical (unpaired) electrons. The number of aliphatic hydroxyl groups is 1. The zero-order valence-electron chi connectivity index (χ0n) is 13.5. The van der Waals surface area contributed by atoms with Crippen LogP contribution >= 0.6 is 0 Å². The SMILES string of the molecule is CC(=O)c1cccc(OC[C@@H](O)CN2C(=O)[C@@H]3CCCN3C2=O)c1. The van der Waals surface area contributed by atoms with E-state index in [1.54, 1.807) is 29.2 Å². The first kappa shape index (κ1) is 16.4. The Kier molecular flexibility index (Phi) is 4.53. The first-order valence-electron chi connectivity index (χ1n) is 8.01. The van der Waals surface area contributed by atoms with Gasteiger partial charge in [0.2, 0.25) is 0 Å². The number of imide groups is 1. The summed E-state index contributed by atoms with van der Waals surface area (Å²) >= 11 is 0. The molecule has 2 fully saturated rings. The van der Waals surface area contributed by atoms with Gasteiger partial charge >= 0.3 is 6.03 Å². The molecule has 0 saturated carbocycles. The van der Waals surface area contributed by atoms with Gasteiger partial charge in [-0.3, -0.25) is 14.5 Å². The molecule has 7 nitrogen and oxygen atoms in total. The van der Waals surface area contributed by atoms with Crippen molar-refractivity contribution in [2.45, 2.75) is 31.9 Å². The van der Waals surface area contributed by atoms with E-state index in [0.29, 0.717) is 24.3 Å². The van der Waals surface area contributed by atoms with Crippen molar-refractivity contribution in [3.8, 4) is 5.75 Å². The van der Waals surface area contributed by atoms with Crippen LogP contribution in [0.2, 0.25) is 0 Å². The summed E-state index contributed by atoms with van der Waals surface area (Å²) in [4.78, 5) is 38.4. The fourth-order valence-corrected chi connectivity index (χ4v) is 3.11. The Balaban J connectivity index is 1.55. The van der Waals surface area contributed by atoms with Gasteiger partial charge in [-0.15, -0.1) is 0 Å². The van der Waals surface area contributed by atoms with Crippen LogP contribution in [-0.2, 0) is 4.79 Å². The Morgan fingerprint density at radius 2 is 2.21 bits per heavy atom. The number of ketones is 1. The highest BCUT2D eigenvalue weighted by atomic mass is 16.5. The molecule has 0 aromatic heterocycles. The van der Waals surface area contributed by atoms with Crippen molar-refractivity contribution < 1.29 is 24.2 Å². The van der Waals surface area contributed by atoms with Gasteiger partial charge in [0, 0.05) is 12.1 Å². The summed E-state index contributed by atoms with van der Waals surface area (Å²) in [5.74, 6) is 0.145. The van der Waals surface area contributed by atoms with Crippen molar-refractivity contribution in [2.24, 2.45) is 0 Å². The highest BCUT2D eigenvalue weighted by Gasteiger charge is 2.47. The molecule has 1 aromatic rings. The minimum Gasteiger partial charge on any atom is -0.491 e. The van der Waals surface area contributed by atoms with Crippen molar-refractivity contribution >= 4 is 17.7 Å². The fraction of sp³-hybridized carbons (Fsp3) is 0.471. The lowest BCUT2D eigenvalue weighted by molar-refractivity contribution is -0.129. The largest absolute Gasteiger partial charge is 0.491 e. The van der Waals surface area contributed by atoms with E-state index < -0.39 is 6.10 Å². The van der Waals surface area contributed by atoms with Crippen LogP contribution in [-0.4, -0.2) is 64.5 Å². The number of carbonyl (C=O) groups excluding carboxylic acids is 3. The third-order valence-corrected chi connectivity index (χ3v) is 4.36. The van der Waals surface area contributed by atoms with Gasteiger partial charge in [0.1, 0.15) is 24.5 Å². The van der Waals surface area contributed by atoms with Gasteiger partial charge < -0.3 is 14.7 Å². The van der Waals surface area contributed by atoms with Crippen molar-refractivity contribution in [1.29, 1.82) is 0 Å². The van der Waals surface area contributed by atoms with Gasteiger partial charge in [0.15, 0.2) is 5.78 Å². The summed E-state index contributed by atoms with van der Waals surface area (Å²) < 4.78 is 5.47. The average Bonchev–Trinajstić information content (AvgIpc) is 3.13. The maximum atomic E-state index is 12.2. The molecule has 3 rings (SSSR count). The second-order valence-electron chi connectivity index (χ2n) is 6.13. The molecule has 2 aliphatic rings.